The summed E-state index contributed by atoms with van der Waals surface area (Å²) in [4.78, 5) is 0. The molecule has 0 spiro atoms. The summed E-state index contributed by atoms with van der Waals surface area (Å²) in [5.74, 6) is 0.195. The van der Waals surface area contributed by atoms with Crippen LogP contribution in [-0.4, -0.2) is 25.3 Å². The fourth-order valence-corrected chi connectivity index (χ4v) is 1.83. The summed E-state index contributed by atoms with van der Waals surface area (Å²) >= 11 is 0. The SMILES string of the molecule is COc1ccc(O[C@@]2(C)COC(C)(C)O2)cc1. The van der Waals surface area contributed by atoms with Gasteiger partial charge in [-0.05, 0) is 38.1 Å². The minimum atomic E-state index is -0.738. The van der Waals surface area contributed by atoms with Crippen LogP contribution in [0.3, 0.4) is 0 Å². The second kappa shape index (κ2) is 4.20. The van der Waals surface area contributed by atoms with Crippen molar-refractivity contribution in [3.8, 4) is 11.5 Å². The second-order valence-corrected chi connectivity index (χ2v) is 4.70. The van der Waals surface area contributed by atoms with E-state index in [1.807, 2.05) is 45.0 Å². The van der Waals surface area contributed by atoms with E-state index in [2.05, 4.69) is 0 Å². The van der Waals surface area contributed by atoms with Crippen LogP contribution in [0.15, 0.2) is 24.3 Å². The van der Waals surface area contributed by atoms with Gasteiger partial charge in [0.05, 0.1) is 7.11 Å². The van der Waals surface area contributed by atoms with E-state index >= 15 is 0 Å². The zero-order valence-electron chi connectivity index (χ0n) is 10.6. The summed E-state index contributed by atoms with van der Waals surface area (Å²) in [6, 6.07) is 7.39. The Kier molecular flexibility index (Phi) is 3.02. The summed E-state index contributed by atoms with van der Waals surface area (Å²) in [5.41, 5.74) is 0. The molecule has 0 amide bonds. The minimum absolute atomic E-state index is 0.409. The van der Waals surface area contributed by atoms with E-state index in [0.29, 0.717) is 6.61 Å². The van der Waals surface area contributed by atoms with Crippen LogP contribution in [0.2, 0.25) is 0 Å². The monoisotopic (exact) mass is 238 g/mol. The van der Waals surface area contributed by atoms with Gasteiger partial charge >= 0.3 is 0 Å². The molecule has 0 unspecified atom stereocenters. The first-order valence-electron chi connectivity index (χ1n) is 5.60. The van der Waals surface area contributed by atoms with Crippen molar-refractivity contribution in [2.24, 2.45) is 0 Å². The first kappa shape index (κ1) is 12.2. The lowest BCUT2D eigenvalue weighted by Gasteiger charge is -2.26. The van der Waals surface area contributed by atoms with Gasteiger partial charge in [-0.2, -0.15) is 0 Å². The van der Waals surface area contributed by atoms with Crippen LogP contribution >= 0.6 is 0 Å². The van der Waals surface area contributed by atoms with Gasteiger partial charge in [0, 0.05) is 6.92 Å². The molecule has 1 fully saturated rings. The average molecular weight is 238 g/mol. The fraction of sp³-hybridized carbons (Fsp3) is 0.538. The molecule has 0 aromatic heterocycles. The third kappa shape index (κ3) is 2.90. The highest BCUT2D eigenvalue weighted by Gasteiger charge is 2.43. The van der Waals surface area contributed by atoms with E-state index in [0.717, 1.165) is 11.5 Å². The molecule has 4 heteroatoms. The van der Waals surface area contributed by atoms with Gasteiger partial charge in [-0.1, -0.05) is 0 Å². The van der Waals surface area contributed by atoms with Gasteiger partial charge in [0.15, 0.2) is 5.79 Å². The van der Waals surface area contributed by atoms with Crippen LogP contribution in [0, 0.1) is 0 Å². The van der Waals surface area contributed by atoms with Crippen molar-refractivity contribution >= 4 is 0 Å². The topological polar surface area (TPSA) is 36.9 Å². The predicted molar refractivity (Wildman–Crippen MR) is 63.1 cm³/mol. The van der Waals surface area contributed by atoms with Crippen molar-refractivity contribution in [2.45, 2.75) is 32.3 Å². The zero-order valence-corrected chi connectivity index (χ0v) is 10.6. The van der Waals surface area contributed by atoms with Crippen molar-refractivity contribution in [1.29, 1.82) is 0 Å². The summed E-state index contributed by atoms with van der Waals surface area (Å²) < 4.78 is 22.1. The van der Waals surface area contributed by atoms with Crippen LogP contribution in [0.5, 0.6) is 11.5 Å². The first-order chi connectivity index (χ1) is 7.92. The van der Waals surface area contributed by atoms with Gasteiger partial charge in [-0.3, -0.25) is 0 Å². The lowest BCUT2D eigenvalue weighted by atomic mass is 10.3. The summed E-state index contributed by atoms with van der Waals surface area (Å²) in [7, 11) is 1.63. The molecule has 1 aromatic carbocycles. The van der Waals surface area contributed by atoms with Crippen molar-refractivity contribution in [2.75, 3.05) is 13.7 Å². The molecule has 0 N–H and O–H groups in total. The van der Waals surface area contributed by atoms with Crippen LogP contribution in [-0.2, 0) is 9.47 Å². The van der Waals surface area contributed by atoms with E-state index in [1.165, 1.54) is 0 Å². The zero-order chi connectivity index (χ0) is 12.5. The Morgan fingerprint density at radius 1 is 1.06 bits per heavy atom. The Labute approximate surface area is 101 Å². The Morgan fingerprint density at radius 2 is 1.65 bits per heavy atom. The minimum Gasteiger partial charge on any atom is -0.497 e. The molecule has 1 heterocycles. The van der Waals surface area contributed by atoms with Crippen molar-refractivity contribution in [1.82, 2.24) is 0 Å². The van der Waals surface area contributed by atoms with Gasteiger partial charge in [-0.25, -0.2) is 0 Å². The molecule has 1 aromatic rings. The van der Waals surface area contributed by atoms with Crippen LogP contribution in [0.4, 0.5) is 0 Å². The highest BCUT2D eigenvalue weighted by atomic mass is 16.8. The molecule has 1 atom stereocenters. The molecule has 4 nitrogen and oxygen atoms in total. The average Bonchev–Trinajstić information content (AvgIpc) is 2.54. The summed E-state index contributed by atoms with van der Waals surface area (Å²) in [6.45, 7) is 6.02. The Hall–Kier alpha value is -1.26. The maximum Gasteiger partial charge on any atom is 0.233 e. The molecule has 1 aliphatic rings. The third-order valence-corrected chi connectivity index (χ3v) is 2.54. The molecule has 94 valence electrons. The van der Waals surface area contributed by atoms with Gasteiger partial charge in [0.25, 0.3) is 0 Å². The molecule has 2 rings (SSSR count). The van der Waals surface area contributed by atoms with E-state index in [4.69, 9.17) is 18.9 Å². The maximum atomic E-state index is 5.80. The Bertz CT molecular complexity index is 385. The number of rotatable bonds is 3. The molecule has 1 saturated heterocycles. The van der Waals surface area contributed by atoms with E-state index < -0.39 is 11.6 Å². The quantitative estimate of drug-likeness (QED) is 0.811. The van der Waals surface area contributed by atoms with E-state index in [1.54, 1.807) is 7.11 Å². The summed E-state index contributed by atoms with van der Waals surface area (Å²) in [5, 5.41) is 0. The number of hydrogen-bond donors (Lipinski definition) is 0. The highest BCUT2D eigenvalue weighted by molar-refractivity contribution is 5.31. The van der Waals surface area contributed by atoms with E-state index in [9.17, 15) is 0 Å². The molecule has 0 saturated carbocycles. The van der Waals surface area contributed by atoms with Crippen LogP contribution < -0.4 is 9.47 Å². The second-order valence-electron chi connectivity index (χ2n) is 4.70. The number of methoxy groups -OCH3 is 1. The third-order valence-electron chi connectivity index (χ3n) is 2.54. The Morgan fingerprint density at radius 3 is 2.12 bits per heavy atom. The molecule has 17 heavy (non-hydrogen) atoms. The number of hydrogen-bond acceptors (Lipinski definition) is 4. The number of ether oxygens (including phenoxy) is 4. The van der Waals surface area contributed by atoms with Gasteiger partial charge < -0.3 is 18.9 Å². The van der Waals surface area contributed by atoms with Crippen LogP contribution in [0.25, 0.3) is 0 Å². The Balaban J connectivity index is 2.05. The van der Waals surface area contributed by atoms with Crippen molar-refractivity contribution in [3.05, 3.63) is 24.3 Å². The van der Waals surface area contributed by atoms with Gasteiger partial charge in [-0.15, -0.1) is 0 Å². The molecule has 1 aliphatic heterocycles. The molecule has 0 bridgehead atoms. The lowest BCUT2D eigenvalue weighted by Crippen LogP contribution is -2.36. The smallest absolute Gasteiger partial charge is 0.233 e. The van der Waals surface area contributed by atoms with Crippen molar-refractivity contribution in [3.63, 3.8) is 0 Å². The first-order valence-corrected chi connectivity index (χ1v) is 5.60. The molecule has 0 radical (unpaired) electrons. The van der Waals surface area contributed by atoms with Crippen LogP contribution in [0.1, 0.15) is 20.8 Å². The molecular formula is C13H18O4. The largest absolute Gasteiger partial charge is 0.497 e. The molecule has 0 aliphatic carbocycles. The number of benzene rings is 1. The predicted octanol–water partition coefficient (Wildman–Crippen LogP) is 2.57. The highest BCUT2D eigenvalue weighted by Crippen LogP contribution is 2.33. The van der Waals surface area contributed by atoms with Crippen molar-refractivity contribution < 1.29 is 18.9 Å². The lowest BCUT2D eigenvalue weighted by molar-refractivity contribution is -0.209. The van der Waals surface area contributed by atoms with Gasteiger partial charge in [0.1, 0.15) is 18.1 Å². The maximum absolute atomic E-state index is 5.80. The standard InChI is InChI=1S/C13H18O4/c1-12(2)15-9-13(3,17-12)16-11-7-5-10(14-4)6-8-11/h5-8H,9H2,1-4H3/t13-/m1/s1. The summed E-state index contributed by atoms with van der Waals surface area (Å²) in [6.07, 6.45) is 0. The normalized spacial score (nSPS) is 26.8. The molecular weight excluding hydrogens is 220 g/mol. The van der Waals surface area contributed by atoms with Gasteiger partial charge in [0.2, 0.25) is 5.79 Å². The fourth-order valence-electron chi connectivity index (χ4n) is 1.83. The van der Waals surface area contributed by atoms with E-state index in [-0.39, 0.29) is 0 Å².